The van der Waals surface area contributed by atoms with Crippen molar-refractivity contribution in [3.8, 4) is 0 Å². The van der Waals surface area contributed by atoms with Crippen LogP contribution in [-0.4, -0.2) is 49.7 Å². The Morgan fingerprint density at radius 1 is 1.15 bits per heavy atom. The normalized spacial score (nSPS) is 13.0. The number of thiophene rings is 1. The van der Waals surface area contributed by atoms with Crippen molar-refractivity contribution in [1.82, 2.24) is 10.2 Å². The zero-order chi connectivity index (χ0) is 19.4. The van der Waals surface area contributed by atoms with Crippen LogP contribution in [0.15, 0.2) is 0 Å². The molecule has 0 aliphatic carbocycles. The van der Waals surface area contributed by atoms with Crippen LogP contribution in [0.3, 0.4) is 0 Å². The third-order valence-electron chi connectivity index (χ3n) is 3.88. The summed E-state index contributed by atoms with van der Waals surface area (Å²) < 4.78 is 9.19. The van der Waals surface area contributed by atoms with Crippen LogP contribution in [0.25, 0.3) is 0 Å². The molecule has 2 heterocycles. The Hall–Kier alpha value is -2.62. The average molecular weight is 383 g/mol. The zero-order valence-corrected chi connectivity index (χ0v) is 15.8. The van der Waals surface area contributed by atoms with Crippen LogP contribution in [-0.2, 0) is 27.2 Å². The zero-order valence-electron chi connectivity index (χ0n) is 15.0. The summed E-state index contributed by atoms with van der Waals surface area (Å²) in [5, 5.41) is 5.20. The van der Waals surface area contributed by atoms with Crippen LogP contribution in [0.5, 0.6) is 0 Å². The van der Waals surface area contributed by atoms with Gasteiger partial charge >= 0.3 is 12.2 Å². The Bertz CT molecular complexity index is 743. The largest absolute Gasteiger partial charge is 0.453 e. The lowest BCUT2D eigenvalue weighted by Crippen LogP contribution is -2.36. The van der Waals surface area contributed by atoms with Gasteiger partial charge in [0.2, 0.25) is 5.91 Å². The van der Waals surface area contributed by atoms with Crippen molar-refractivity contribution in [2.24, 2.45) is 5.92 Å². The maximum atomic E-state index is 12.5. The predicted octanol–water partition coefficient (Wildman–Crippen LogP) is 1.96. The highest BCUT2D eigenvalue weighted by Crippen LogP contribution is 2.37. The fourth-order valence-electron chi connectivity index (χ4n) is 2.48. The first-order valence-electron chi connectivity index (χ1n) is 7.96. The maximum Gasteiger partial charge on any atom is 0.413 e. The van der Waals surface area contributed by atoms with E-state index in [1.165, 1.54) is 23.3 Å². The van der Waals surface area contributed by atoms with E-state index in [9.17, 15) is 19.2 Å². The lowest BCUT2D eigenvalue weighted by atomic mass is 10.0. The number of fused-ring (bicyclic) bond motifs is 1. The molecule has 0 atom stereocenters. The highest BCUT2D eigenvalue weighted by Gasteiger charge is 2.31. The summed E-state index contributed by atoms with van der Waals surface area (Å²) in [6, 6.07) is 0. The number of methoxy groups -OCH3 is 2. The SMILES string of the molecule is COC(=O)NC(=O)c1c(NC(=O)C(C)C)sc2c1CCN(C(=O)OC)C2. The molecule has 26 heavy (non-hydrogen) atoms. The molecule has 0 saturated heterocycles. The number of imide groups is 1. The molecule has 0 radical (unpaired) electrons. The molecule has 0 saturated carbocycles. The molecule has 2 rings (SSSR count). The van der Waals surface area contributed by atoms with Crippen molar-refractivity contribution in [3.05, 3.63) is 16.0 Å². The van der Waals surface area contributed by atoms with Crippen LogP contribution in [0.1, 0.15) is 34.6 Å². The number of carbonyl (C=O) groups excluding carboxylic acids is 4. The standard InChI is InChI=1S/C16H21N3O6S/c1-8(2)12(20)17-14-11(13(21)18-15(22)24-3)9-5-6-19(16(23)25-4)7-10(9)26-14/h8H,5-7H2,1-4H3,(H,17,20)(H,18,21,22). The highest BCUT2D eigenvalue weighted by molar-refractivity contribution is 7.17. The van der Waals surface area contributed by atoms with Gasteiger partial charge < -0.3 is 19.7 Å². The van der Waals surface area contributed by atoms with Crippen LogP contribution in [0, 0.1) is 5.92 Å². The Morgan fingerprint density at radius 3 is 2.42 bits per heavy atom. The molecule has 1 aromatic rings. The summed E-state index contributed by atoms with van der Waals surface area (Å²) in [7, 11) is 2.46. The molecule has 0 spiro atoms. The molecule has 142 valence electrons. The molecule has 0 fully saturated rings. The molecule has 0 bridgehead atoms. The van der Waals surface area contributed by atoms with Crippen LogP contribution in [0.4, 0.5) is 14.6 Å². The lowest BCUT2D eigenvalue weighted by Gasteiger charge is -2.25. The van der Waals surface area contributed by atoms with Gasteiger partial charge in [0, 0.05) is 17.3 Å². The van der Waals surface area contributed by atoms with Gasteiger partial charge in [-0.15, -0.1) is 11.3 Å². The minimum absolute atomic E-state index is 0.230. The van der Waals surface area contributed by atoms with Crippen LogP contribution >= 0.6 is 11.3 Å². The summed E-state index contributed by atoms with van der Waals surface area (Å²) >= 11 is 1.21. The van der Waals surface area contributed by atoms with E-state index in [1.807, 2.05) is 0 Å². The second kappa shape index (κ2) is 8.17. The number of carbonyl (C=O) groups is 4. The van der Waals surface area contributed by atoms with E-state index < -0.39 is 18.1 Å². The van der Waals surface area contributed by atoms with Gasteiger partial charge in [0.25, 0.3) is 5.91 Å². The van der Waals surface area contributed by atoms with Gasteiger partial charge in [-0.25, -0.2) is 9.59 Å². The minimum atomic E-state index is -0.886. The van der Waals surface area contributed by atoms with Gasteiger partial charge in [-0.1, -0.05) is 13.8 Å². The third kappa shape index (κ3) is 4.13. The van der Waals surface area contributed by atoms with Gasteiger partial charge in [0.15, 0.2) is 0 Å². The van der Waals surface area contributed by atoms with Crippen molar-refractivity contribution in [3.63, 3.8) is 0 Å². The molecule has 1 aliphatic rings. The lowest BCUT2D eigenvalue weighted by molar-refractivity contribution is -0.118. The fourth-order valence-corrected chi connectivity index (χ4v) is 3.74. The smallest absolute Gasteiger partial charge is 0.413 e. The monoisotopic (exact) mass is 383 g/mol. The third-order valence-corrected chi connectivity index (χ3v) is 5.01. The number of anilines is 1. The molecule has 9 nitrogen and oxygen atoms in total. The summed E-state index contributed by atoms with van der Waals surface area (Å²) in [5.41, 5.74) is 0.935. The molecule has 0 aromatic carbocycles. The number of amides is 4. The van der Waals surface area contributed by atoms with Gasteiger partial charge in [-0.3, -0.25) is 14.9 Å². The number of hydrogen-bond donors (Lipinski definition) is 2. The topological polar surface area (TPSA) is 114 Å². The first kappa shape index (κ1) is 19.7. The second-order valence-corrected chi connectivity index (χ2v) is 7.04. The molecule has 1 aromatic heterocycles. The van der Waals surface area contributed by atoms with E-state index in [0.717, 1.165) is 12.0 Å². The molecule has 0 unspecified atom stereocenters. The Balaban J connectivity index is 2.39. The number of nitrogens with one attached hydrogen (secondary N) is 2. The number of hydrogen-bond acceptors (Lipinski definition) is 7. The van der Waals surface area contributed by atoms with E-state index >= 15 is 0 Å². The van der Waals surface area contributed by atoms with E-state index in [4.69, 9.17) is 4.74 Å². The van der Waals surface area contributed by atoms with Gasteiger partial charge in [-0.05, 0) is 12.0 Å². The molecular formula is C16H21N3O6S. The number of nitrogens with zero attached hydrogens (tertiary/aromatic N) is 1. The highest BCUT2D eigenvalue weighted by atomic mass is 32.1. The Labute approximate surface area is 154 Å². The predicted molar refractivity (Wildman–Crippen MR) is 94.2 cm³/mol. The first-order valence-corrected chi connectivity index (χ1v) is 8.77. The van der Waals surface area contributed by atoms with Crippen molar-refractivity contribution in [2.45, 2.75) is 26.8 Å². The van der Waals surface area contributed by atoms with Crippen molar-refractivity contribution in [1.29, 1.82) is 0 Å². The maximum absolute atomic E-state index is 12.5. The quantitative estimate of drug-likeness (QED) is 0.825. The minimum Gasteiger partial charge on any atom is -0.453 e. The number of ether oxygens (including phenoxy) is 2. The molecule has 4 amide bonds. The molecule has 10 heteroatoms. The summed E-state index contributed by atoms with van der Waals surface area (Å²) in [6.07, 6.45) is -0.942. The number of alkyl carbamates (subject to hydrolysis) is 1. The summed E-state index contributed by atoms with van der Waals surface area (Å²) in [5.74, 6) is -1.18. The Morgan fingerprint density at radius 2 is 1.85 bits per heavy atom. The van der Waals surface area contributed by atoms with Gasteiger partial charge in [-0.2, -0.15) is 0 Å². The molecule has 2 N–H and O–H groups in total. The Kier molecular flexibility index (Phi) is 6.19. The van der Waals surface area contributed by atoms with E-state index in [2.05, 4.69) is 15.4 Å². The van der Waals surface area contributed by atoms with Crippen LogP contribution in [0.2, 0.25) is 0 Å². The van der Waals surface area contributed by atoms with Crippen molar-refractivity contribution >= 4 is 40.3 Å². The first-order chi connectivity index (χ1) is 12.3. The molecule has 1 aliphatic heterocycles. The number of rotatable bonds is 3. The molecular weight excluding hydrogens is 362 g/mol. The summed E-state index contributed by atoms with van der Waals surface area (Å²) in [6.45, 7) is 4.10. The van der Waals surface area contributed by atoms with Crippen LogP contribution < -0.4 is 10.6 Å². The average Bonchev–Trinajstić information content (AvgIpc) is 2.97. The van der Waals surface area contributed by atoms with E-state index in [-0.39, 0.29) is 23.9 Å². The summed E-state index contributed by atoms with van der Waals surface area (Å²) in [4.78, 5) is 50.0. The van der Waals surface area contributed by atoms with E-state index in [0.29, 0.717) is 23.5 Å². The second-order valence-electron chi connectivity index (χ2n) is 5.94. The van der Waals surface area contributed by atoms with Gasteiger partial charge in [0.05, 0.1) is 26.3 Å². The van der Waals surface area contributed by atoms with Crippen molar-refractivity contribution in [2.75, 3.05) is 26.1 Å². The fraction of sp³-hybridized carbons (Fsp3) is 0.500. The van der Waals surface area contributed by atoms with Crippen molar-refractivity contribution < 1.29 is 28.7 Å². The van der Waals surface area contributed by atoms with Gasteiger partial charge in [0.1, 0.15) is 5.00 Å². The van der Waals surface area contributed by atoms with E-state index in [1.54, 1.807) is 13.8 Å².